The van der Waals surface area contributed by atoms with Crippen LogP contribution in [0.1, 0.15) is 39.9 Å². The van der Waals surface area contributed by atoms with Gasteiger partial charge >= 0.3 is 0 Å². The number of hydrogen-bond acceptors (Lipinski definition) is 4. The third-order valence-corrected chi connectivity index (χ3v) is 6.46. The molecule has 8 heteroatoms. The van der Waals surface area contributed by atoms with Crippen LogP contribution in [0.3, 0.4) is 0 Å². The SMILES string of the molecule is COc1ccccc1C(NC(=O)Cc1c(C)nn(-c2ccc(C)c(Cl)c2)c1C)c1nccn1C. The highest BCUT2D eigenvalue weighted by atomic mass is 35.5. The summed E-state index contributed by atoms with van der Waals surface area (Å²) in [7, 11) is 3.52. The Bertz CT molecular complexity index is 1340. The van der Waals surface area contributed by atoms with Crippen molar-refractivity contribution in [2.45, 2.75) is 33.2 Å². The topological polar surface area (TPSA) is 74.0 Å². The fraction of sp³-hybridized carbons (Fsp3) is 0.269. The van der Waals surface area contributed by atoms with Crippen molar-refractivity contribution in [2.75, 3.05) is 7.11 Å². The Morgan fingerprint density at radius 3 is 2.62 bits per heavy atom. The van der Waals surface area contributed by atoms with Crippen LogP contribution in [0.15, 0.2) is 54.9 Å². The van der Waals surface area contributed by atoms with Crippen molar-refractivity contribution < 1.29 is 9.53 Å². The molecule has 4 rings (SSSR count). The van der Waals surface area contributed by atoms with Crippen LogP contribution in [0.25, 0.3) is 5.69 Å². The summed E-state index contributed by atoms with van der Waals surface area (Å²) in [5.41, 5.74) is 5.29. The van der Waals surface area contributed by atoms with Crippen LogP contribution in [0.4, 0.5) is 0 Å². The highest BCUT2D eigenvalue weighted by Gasteiger charge is 2.25. The van der Waals surface area contributed by atoms with Crippen LogP contribution in [0.5, 0.6) is 5.75 Å². The summed E-state index contributed by atoms with van der Waals surface area (Å²) in [4.78, 5) is 17.8. The van der Waals surface area contributed by atoms with Crippen molar-refractivity contribution in [1.82, 2.24) is 24.6 Å². The lowest BCUT2D eigenvalue weighted by atomic mass is 10.0. The van der Waals surface area contributed by atoms with E-state index in [0.29, 0.717) is 10.8 Å². The summed E-state index contributed by atoms with van der Waals surface area (Å²) in [6.45, 7) is 5.84. The van der Waals surface area contributed by atoms with Gasteiger partial charge in [0.1, 0.15) is 17.6 Å². The van der Waals surface area contributed by atoms with E-state index in [1.165, 1.54) is 0 Å². The van der Waals surface area contributed by atoms with E-state index in [9.17, 15) is 4.79 Å². The summed E-state index contributed by atoms with van der Waals surface area (Å²) < 4.78 is 9.29. The lowest BCUT2D eigenvalue weighted by Gasteiger charge is -2.21. The van der Waals surface area contributed by atoms with Crippen LogP contribution in [0.2, 0.25) is 5.02 Å². The second kappa shape index (κ2) is 9.73. The molecule has 2 aromatic heterocycles. The van der Waals surface area contributed by atoms with Crippen molar-refractivity contribution in [2.24, 2.45) is 7.05 Å². The number of rotatable bonds is 7. The van der Waals surface area contributed by atoms with Crippen molar-refractivity contribution >= 4 is 17.5 Å². The minimum atomic E-state index is -0.463. The molecule has 176 valence electrons. The fourth-order valence-corrected chi connectivity index (χ4v) is 4.28. The number of methoxy groups -OCH3 is 1. The molecule has 0 saturated heterocycles. The Morgan fingerprint density at radius 2 is 1.94 bits per heavy atom. The molecule has 0 saturated carbocycles. The molecule has 4 aromatic rings. The van der Waals surface area contributed by atoms with Crippen molar-refractivity contribution in [3.63, 3.8) is 0 Å². The molecule has 0 aliphatic rings. The van der Waals surface area contributed by atoms with Gasteiger partial charge in [-0.05, 0) is 44.5 Å². The average molecular weight is 478 g/mol. The zero-order chi connectivity index (χ0) is 24.4. The lowest BCUT2D eigenvalue weighted by Crippen LogP contribution is -2.32. The van der Waals surface area contributed by atoms with Gasteiger partial charge in [-0.25, -0.2) is 9.67 Å². The third-order valence-electron chi connectivity index (χ3n) is 6.05. The van der Waals surface area contributed by atoms with E-state index in [1.54, 1.807) is 13.3 Å². The molecule has 0 bridgehead atoms. The van der Waals surface area contributed by atoms with Gasteiger partial charge in [0.15, 0.2) is 0 Å². The molecular weight excluding hydrogens is 450 g/mol. The van der Waals surface area contributed by atoms with E-state index >= 15 is 0 Å². The van der Waals surface area contributed by atoms with Crippen LogP contribution < -0.4 is 10.1 Å². The van der Waals surface area contributed by atoms with Gasteiger partial charge in [0, 0.05) is 41.3 Å². The molecule has 1 atom stereocenters. The molecule has 2 heterocycles. The first-order chi connectivity index (χ1) is 16.3. The Kier molecular flexibility index (Phi) is 6.75. The number of aromatic nitrogens is 4. The van der Waals surface area contributed by atoms with E-state index in [2.05, 4.69) is 15.4 Å². The van der Waals surface area contributed by atoms with E-state index in [4.69, 9.17) is 16.3 Å². The predicted molar refractivity (Wildman–Crippen MR) is 133 cm³/mol. The van der Waals surface area contributed by atoms with E-state index in [0.717, 1.165) is 39.6 Å². The molecule has 1 unspecified atom stereocenters. The number of hydrogen-bond donors (Lipinski definition) is 1. The molecule has 34 heavy (non-hydrogen) atoms. The Hall–Kier alpha value is -3.58. The van der Waals surface area contributed by atoms with Gasteiger partial charge in [0.05, 0.1) is 24.9 Å². The van der Waals surface area contributed by atoms with Crippen molar-refractivity contribution in [1.29, 1.82) is 0 Å². The van der Waals surface area contributed by atoms with Gasteiger partial charge in [0.25, 0.3) is 0 Å². The van der Waals surface area contributed by atoms with E-state index < -0.39 is 6.04 Å². The lowest BCUT2D eigenvalue weighted by molar-refractivity contribution is -0.121. The van der Waals surface area contributed by atoms with Crippen molar-refractivity contribution in [3.05, 3.63) is 93.8 Å². The molecule has 1 N–H and O–H groups in total. The van der Waals surface area contributed by atoms with Gasteiger partial charge in [-0.1, -0.05) is 35.9 Å². The first-order valence-electron chi connectivity index (χ1n) is 11.0. The molecule has 0 radical (unpaired) electrons. The Morgan fingerprint density at radius 1 is 1.18 bits per heavy atom. The summed E-state index contributed by atoms with van der Waals surface area (Å²) in [6, 6.07) is 13.0. The number of nitrogens with zero attached hydrogens (tertiary/aromatic N) is 4. The number of amides is 1. The van der Waals surface area contributed by atoms with Crippen LogP contribution in [-0.2, 0) is 18.3 Å². The second-order valence-corrected chi connectivity index (χ2v) is 8.72. The van der Waals surface area contributed by atoms with Gasteiger partial charge in [-0.2, -0.15) is 5.10 Å². The second-order valence-electron chi connectivity index (χ2n) is 8.31. The largest absolute Gasteiger partial charge is 0.496 e. The zero-order valence-corrected chi connectivity index (χ0v) is 20.7. The number of carbonyl (C=O) groups excluding carboxylic acids is 1. The first kappa shape index (κ1) is 23.6. The normalized spacial score (nSPS) is 11.9. The van der Waals surface area contributed by atoms with Gasteiger partial charge in [0.2, 0.25) is 5.91 Å². The van der Waals surface area contributed by atoms with E-state index in [1.807, 2.05) is 85.7 Å². The fourth-order valence-electron chi connectivity index (χ4n) is 4.11. The molecule has 0 fully saturated rings. The summed E-state index contributed by atoms with van der Waals surface area (Å²) >= 11 is 6.33. The third kappa shape index (κ3) is 4.56. The highest BCUT2D eigenvalue weighted by Crippen LogP contribution is 2.29. The minimum Gasteiger partial charge on any atom is -0.496 e. The quantitative estimate of drug-likeness (QED) is 0.420. The van der Waals surface area contributed by atoms with Crippen LogP contribution >= 0.6 is 11.6 Å². The smallest absolute Gasteiger partial charge is 0.225 e. The molecule has 7 nitrogen and oxygen atoms in total. The Balaban J connectivity index is 1.63. The molecule has 1 amide bonds. The molecule has 2 aromatic carbocycles. The number of halogens is 1. The highest BCUT2D eigenvalue weighted by molar-refractivity contribution is 6.31. The molecular formula is C26H28ClN5O2. The Labute approximate surface area is 204 Å². The number of imidazole rings is 1. The molecule has 0 aliphatic heterocycles. The average Bonchev–Trinajstić information content (AvgIpc) is 3.37. The predicted octanol–water partition coefficient (Wildman–Crippen LogP) is 4.64. The summed E-state index contributed by atoms with van der Waals surface area (Å²) in [5.74, 6) is 1.27. The standard InChI is InChI=1S/C26H28ClN5O2/c1-16-10-11-19(14-22(16)27)32-18(3)21(17(2)30-32)15-24(33)29-25(26-28-12-13-31(26)4)20-8-6-7-9-23(20)34-5/h6-14,25H,15H2,1-5H3,(H,29,33). The molecule has 0 aliphatic carbocycles. The minimum absolute atomic E-state index is 0.133. The number of nitrogens with one attached hydrogen (secondary N) is 1. The van der Waals surface area contributed by atoms with Crippen LogP contribution in [-0.4, -0.2) is 32.3 Å². The van der Waals surface area contributed by atoms with Crippen molar-refractivity contribution in [3.8, 4) is 11.4 Å². The number of carbonyl (C=O) groups is 1. The maximum Gasteiger partial charge on any atom is 0.225 e. The van der Waals surface area contributed by atoms with E-state index in [-0.39, 0.29) is 12.3 Å². The zero-order valence-electron chi connectivity index (χ0n) is 20.0. The first-order valence-corrected chi connectivity index (χ1v) is 11.4. The number of benzene rings is 2. The van der Waals surface area contributed by atoms with Crippen LogP contribution in [0, 0.1) is 20.8 Å². The van der Waals surface area contributed by atoms with Gasteiger partial charge in [-0.3, -0.25) is 4.79 Å². The van der Waals surface area contributed by atoms with Gasteiger partial charge in [-0.15, -0.1) is 0 Å². The summed E-state index contributed by atoms with van der Waals surface area (Å²) in [6.07, 6.45) is 3.76. The summed E-state index contributed by atoms with van der Waals surface area (Å²) in [5, 5.41) is 8.51. The van der Waals surface area contributed by atoms with Gasteiger partial charge < -0.3 is 14.6 Å². The molecule has 0 spiro atoms. The maximum atomic E-state index is 13.3. The maximum absolute atomic E-state index is 13.3. The monoisotopic (exact) mass is 477 g/mol. The number of ether oxygens (including phenoxy) is 1. The number of aryl methyl sites for hydroxylation is 3. The number of para-hydroxylation sites is 1.